The summed E-state index contributed by atoms with van der Waals surface area (Å²) in [5, 5.41) is 10.4. The number of carbonyl (C=O) groups is 1. The van der Waals surface area contributed by atoms with Crippen LogP contribution < -0.4 is 0 Å². The molecule has 1 heterocycles. The molecular formula is C14H18O3. The van der Waals surface area contributed by atoms with Crippen LogP contribution in [-0.4, -0.2) is 16.9 Å². The van der Waals surface area contributed by atoms with E-state index in [0.29, 0.717) is 23.8 Å². The molecule has 0 bridgehead atoms. The van der Waals surface area contributed by atoms with Gasteiger partial charge in [-0.15, -0.1) is 0 Å². The van der Waals surface area contributed by atoms with Gasteiger partial charge in [-0.25, -0.2) is 4.79 Å². The van der Waals surface area contributed by atoms with Crippen molar-refractivity contribution in [2.75, 3.05) is 0 Å². The van der Waals surface area contributed by atoms with E-state index in [1.165, 1.54) is 5.57 Å². The molecule has 17 heavy (non-hydrogen) atoms. The standard InChI is InChI=1S/C14H18O3/c1-8-4-3-5-10-7-14(16)12(6-11(8)10)9(2)13(15)17-14/h10-11,16H,1,3-7H2,2H3. The third-order valence-electron chi connectivity index (χ3n) is 4.62. The molecule has 0 aromatic rings. The van der Waals surface area contributed by atoms with Crippen molar-refractivity contribution in [1.29, 1.82) is 0 Å². The summed E-state index contributed by atoms with van der Waals surface area (Å²) in [6, 6.07) is 0. The first-order valence-corrected chi connectivity index (χ1v) is 6.35. The van der Waals surface area contributed by atoms with Gasteiger partial charge in [0.25, 0.3) is 0 Å². The van der Waals surface area contributed by atoms with Crippen molar-refractivity contribution in [2.45, 2.75) is 44.8 Å². The average molecular weight is 234 g/mol. The monoisotopic (exact) mass is 234 g/mol. The lowest BCUT2D eigenvalue weighted by atomic mass is 9.65. The fraction of sp³-hybridized carbons (Fsp3) is 0.643. The first-order valence-electron chi connectivity index (χ1n) is 6.35. The lowest BCUT2D eigenvalue weighted by Crippen LogP contribution is -2.42. The summed E-state index contributed by atoms with van der Waals surface area (Å²) in [5.41, 5.74) is 2.68. The van der Waals surface area contributed by atoms with Crippen LogP contribution in [0.25, 0.3) is 0 Å². The van der Waals surface area contributed by atoms with E-state index >= 15 is 0 Å². The molecule has 3 atom stereocenters. The Morgan fingerprint density at radius 3 is 3.06 bits per heavy atom. The van der Waals surface area contributed by atoms with Crippen LogP contribution in [0.2, 0.25) is 0 Å². The molecule has 0 amide bonds. The van der Waals surface area contributed by atoms with Gasteiger partial charge in [-0.05, 0) is 44.4 Å². The number of hydrogen-bond acceptors (Lipinski definition) is 3. The summed E-state index contributed by atoms with van der Waals surface area (Å²) in [6.07, 6.45) is 4.63. The van der Waals surface area contributed by atoms with Gasteiger partial charge < -0.3 is 9.84 Å². The van der Waals surface area contributed by atoms with Gasteiger partial charge in [-0.1, -0.05) is 12.2 Å². The molecule has 0 aromatic carbocycles. The molecule has 1 N–H and O–H groups in total. The van der Waals surface area contributed by atoms with E-state index in [4.69, 9.17) is 4.74 Å². The Hall–Kier alpha value is -1.09. The molecule has 2 aliphatic carbocycles. The number of allylic oxidation sites excluding steroid dienone is 1. The zero-order chi connectivity index (χ0) is 12.2. The van der Waals surface area contributed by atoms with E-state index in [1.54, 1.807) is 6.92 Å². The highest BCUT2D eigenvalue weighted by molar-refractivity contribution is 5.92. The molecule has 3 nitrogen and oxygen atoms in total. The number of carbonyl (C=O) groups excluding carboxylic acids is 1. The summed E-state index contributed by atoms with van der Waals surface area (Å²) in [7, 11) is 0. The van der Waals surface area contributed by atoms with Gasteiger partial charge in [0.1, 0.15) is 0 Å². The van der Waals surface area contributed by atoms with Crippen LogP contribution in [-0.2, 0) is 9.53 Å². The molecule has 0 saturated heterocycles. The highest BCUT2D eigenvalue weighted by atomic mass is 16.7. The number of esters is 1. The summed E-state index contributed by atoms with van der Waals surface area (Å²) in [4.78, 5) is 11.6. The van der Waals surface area contributed by atoms with Crippen molar-refractivity contribution >= 4 is 5.97 Å². The van der Waals surface area contributed by atoms with E-state index in [0.717, 1.165) is 31.3 Å². The summed E-state index contributed by atoms with van der Waals surface area (Å²) < 4.78 is 5.16. The minimum absolute atomic E-state index is 0.355. The van der Waals surface area contributed by atoms with Crippen LogP contribution in [0, 0.1) is 11.8 Å². The average Bonchev–Trinajstić information content (AvgIpc) is 2.48. The van der Waals surface area contributed by atoms with Gasteiger partial charge >= 0.3 is 5.97 Å². The van der Waals surface area contributed by atoms with Crippen molar-refractivity contribution in [1.82, 2.24) is 0 Å². The largest absolute Gasteiger partial charge is 0.426 e. The van der Waals surface area contributed by atoms with E-state index in [9.17, 15) is 9.90 Å². The SMILES string of the molecule is C=C1CCCC2CC3(O)OC(=O)C(C)=C3CC12. The maximum Gasteiger partial charge on any atom is 0.336 e. The predicted octanol–water partition coefficient (Wildman–Crippen LogP) is 2.31. The van der Waals surface area contributed by atoms with Gasteiger partial charge in [-0.3, -0.25) is 0 Å². The Balaban J connectivity index is 1.97. The Morgan fingerprint density at radius 1 is 1.53 bits per heavy atom. The zero-order valence-electron chi connectivity index (χ0n) is 10.2. The second-order valence-electron chi connectivity index (χ2n) is 5.60. The molecule has 3 unspecified atom stereocenters. The third-order valence-corrected chi connectivity index (χ3v) is 4.62. The van der Waals surface area contributed by atoms with Crippen molar-refractivity contribution in [2.24, 2.45) is 11.8 Å². The normalized spacial score (nSPS) is 41.1. The van der Waals surface area contributed by atoms with Crippen LogP contribution in [0.15, 0.2) is 23.3 Å². The number of rotatable bonds is 0. The Bertz CT molecular complexity index is 435. The van der Waals surface area contributed by atoms with Crippen molar-refractivity contribution < 1.29 is 14.6 Å². The molecule has 3 heteroatoms. The smallest absolute Gasteiger partial charge is 0.336 e. The Kier molecular flexibility index (Phi) is 2.24. The highest BCUT2D eigenvalue weighted by Gasteiger charge is 2.52. The number of ether oxygens (including phenoxy) is 1. The van der Waals surface area contributed by atoms with Crippen molar-refractivity contribution in [3.8, 4) is 0 Å². The van der Waals surface area contributed by atoms with Gasteiger partial charge in [0.2, 0.25) is 5.79 Å². The summed E-state index contributed by atoms with van der Waals surface area (Å²) in [6.45, 7) is 5.90. The fourth-order valence-corrected chi connectivity index (χ4v) is 3.63. The summed E-state index contributed by atoms with van der Waals surface area (Å²) in [5.74, 6) is -0.807. The van der Waals surface area contributed by atoms with E-state index in [-0.39, 0.29) is 5.97 Å². The predicted molar refractivity (Wildman–Crippen MR) is 62.9 cm³/mol. The zero-order valence-corrected chi connectivity index (χ0v) is 10.2. The number of aliphatic hydroxyl groups is 1. The highest BCUT2D eigenvalue weighted by Crippen LogP contribution is 2.51. The van der Waals surface area contributed by atoms with Gasteiger partial charge in [-0.2, -0.15) is 0 Å². The minimum atomic E-state index is -1.31. The lowest BCUT2D eigenvalue weighted by Gasteiger charge is -2.43. The van der Waals surface area contributed by atoms with Crippen LogP contribution >= 0.6 is 0 Å². The fourth-order valence-electron chi connectivity index (χ4n) is 3.63. The van der Waals surface area contributed by atoms with Crippen molar-refractivity contribution in [3.63, 3.8) is 0 Å². The number of hydrogen-bond donors (Lipinski definition) is 1. The molecule has 0 radical (unpaired) electrons. The first kappa shape index (κ1) is 11.0. The maximum atomic E-state index is 11.6. The molecule has 0 spiro atoms. The maximum absolute atomic E-state index is 11.6. The Morgan fingerprint density at radius 2 is 2.29 bits per heavy atom. The van der Waals surface area contributed by atoms with E-state index in [1.807, 2.05) is 0 Å². The van der Waals surface area contributed by atoms with Crippen LogP contribution in [0.5, 0.6) is 0 Å². The van der Waals surface area contributed by atoms with Crippen LogP contribution in [0.4, 0.5) is 0 Å². The van der Waals surface area contributed by atoms with E-state index in [2.05, 4.69) is 6.58 Å². The molecule has 0 aromatic heterocycles. The molecule has 3 aliphatic rings. The lowest BCUT2D eigenvalue weighted by molar-refractivity contribution is -0.194. The van der Waals surface area contributed by atoms with Gasteiger partial charge in [0.05, 0.1) is 0 Å². The molecule has 2 fully saturated rings. The third kappa shape index (κ3) is 1.48. The summed E-state index contributed by atoms with van der Waals surface area (Å²) >= 11 is 0. The quantitative estimate of drug-likeness (QED) is 0.517. The molecule has 3 rings (SSSR count). The molecular weight excluding hydrogens is 216 g/mol. The molecule has 1 aliphatic heterocycles. The van der Waals surface area contributed by atoms with Gasteiger partial charge in [0.15, 0.2) is 0 Å². The molecule has 2 saturated carbocycles. The second-order valence-corrected chi connectivity index (χ2v) is 5.60. The van der Waals surface area contributed by atoms with Crippen LogP contribution in [0.3, 0.4) is 0 Å². The minimum Gasteiger partial charge on any atom is -0.426 e. The molecule has 92 valence electrons. The number of fused-ring (bicyclic) bond motifs is 2. The van der Waals surface area contributed by atoms with Crippen LogP contribution in [0.1, 0.15) is 39.0 Å². The topological polar surface area (TPSA) is 46.5 Å². The van der Waals surface area contributed by atoms with Crippen molar-refractivity contribution in [3.05, 3.63) is 23.3 Å². The Labute approximate surface area is 101 Å². The second kappa shape index (κ2) is 3.45. The van der Waals surface area contributed by atoms with Gasteiger partial charge in [0, 0.05) is 17.6 Å². The van der Waals surface area contributed by atoms with E-state index < -0.39 is 5.79 Å². The first-order chi connectivity index (χ1) is 8.01.